The van der Waals surface area contributed by atoms with Gasteiger partial charge in [-0.25, -0.2) is 9.37 Å². The maximum atomic E-state index is 12.4. The summed E-state index contributed by atoms with van der Waals surface area (Å²) < 4.78 is 24.6. The van der Waals surface area contributed by atoms with E-state index in [-0.39, 0.29) is 5.69 Å². The summed E-state index contributed by atoms with van der Waals surface area (Å²) >= 11 is 0. The molecule has 0 aromatic carbocycles. The van der Waals surface area contributed by atoms with Crippen molar-refractivity contribution in [3.8, 4) is 0 Å². The number of nitrogens with zero attached hydrogens (tertiary/aromatic N) is 1. The minimum absolute atomic E-state index is 0.104. The molecule has 1 aromatic heterocycles. The molecule has 3 nitrogen and oxygen atoms in total. The maximum absolute atomic E-state index is 12.4. The first kappa shape index (κ1) is 6.88. The molecule has 0 amide bonds. The second kappa shape index (κ2) is 2.57. The van der Waals surface area contributed by atoms with Crippen molar-refractivity contribution >= 4 is 5.69 Å². The van der Waals surface area contributed by atoms with Crippen LogP contribution in [0.5, 0.6) is 0 Å². The van der Waals surface area contributed by atoms with E-state index in [9.17, 15) is 8.78 Å². The highest BCUT2D eigenvalue weighted by molar-refractivity contribution is 5.41. The summed E-state index contributed by atoms with van der Waals surface area (Å²) in [4.78, 5) is 3.05. The van der Waals surface area contributed by atoms with E-state index < -0.39 is 11.8 Å². The fourth-order valence-electron chi connectivity index (χ4n) is 0.524. The number of pyridine rings is 1. The average molecular weight is 145 g/mol. The zero-order valence-electron chi connectivity index (χ0n) is 4.94. The standard InChI is InChI=1S/C5H5F2N3/c6-3-2-9-5(7)1-4(3)10-8/h1-2H,8H2,(H,9,10). The van der Waals surface area contributed by atoms with E-state index in [4.69, 9.17) is 5.84 Å². The quantitative estimate of drug-likeness (QED) is 0.346. The van der Waals surface area contributed by atoms with Crippen LogP contribution >= 0.6 is 0 Å². The highest BCUT2D eigenvalue weighted by Gasteiger charge is 2.00. The summed E-state index contributed by atoms with van der Waals surface area (Å²) in [5.41, 5.74) is 1.88. The Kier molecular flexibility index (Phi) is 1.77. The van der Waals surface area contributed by atoms with Crippen LogP contribution in [-0.2, 0) is 0 Å². The lowest BCUT2D eigenvalue weighted by Gasteiger charge is -1.98. The molecule has 3 N–H and O–H groups in total. The highest BCUT2D eigenvalue weighted by Crippen LogP contribution is 2.10. The van der Waals surface area contributed by atoms with Gasteiger partial charge in [0.15, 0.2) is 5.82 Å². The van der Waals surface area contributed by atoms with Gasteiger partial charge < -0.3 is 5.43 Å². The minimum atomic E-state index is -0.769. The number of nitrogen functional groups attached to an aromatic ring is 1. The lowest BCUT2D eigenvalue weighted by molar-refractivity contribution is 0.562. The fourth-order valence-corrected chi connectivity index (χ4v) is 0.524. The third-order valence-electron chi connectivity index (χ3n) is 0.977. The van der Waals surface area contributed by atoms with Gasteiger partial charge in [0.25, 0.3) is 0 Å². The van der Waals surface area contributed by atoms with Gasteiger partial charge in [0, 0.05) is 6.07 Å². The van der Waals surface area contributed by atoms with Gasteiger partial charge in [0.1, 0.15) is 0 Å². The number of nitrogens with two attached hydrogens (primary N) is 1. The molecule has 5 heteroatoms. The lowest BCUT2D eigenvalue weighted by Crippen LogP contribution is -2.09. The van der Waals surface area contributed by atoms with Crippen molar-refractivity contribution in [3.05, 3.63) is 24.0 Å². The largest absolute Gasteiger partial charge is 0.321 e. The first-order valence-corrected chi connectivity index (χ1v) is 2.51. The monoisotopic (exact) mass is 145 g/mol. The van der Waals surface area contributed by atoms with E-state index >= 15 is 0 Å². The summed E-state index contributed by atoms with van der Waals surface area (Å²) in [6, 6.07) is 0.870. The predicted molar refractivity (Wildman–Crippen MR) is 32.0 cm³/mol. The number of hydrogen-bond acceptors (Lipinski definition) is 3. The van der Waals surface area contributed by atoms with Crippen molar-refractivity contribution in [2.75, 3.05) is 5.43 Å². The Balaban J connectivity index is 3.09. The van der Waals surface area contributed by atoms with E-state index in [0.29, 0.717) is 0 Å². The topological polar surface area (TPSA) is 50.9 Å². The van der Waals surface area contributed by atoms with Crippen LogP contribution < -0.4 is 11.3 Å². The fraction of sp³-hybridized carbons (Fsp3) is 0. The van der Waals surface area contributed by atoms with Crippen molar-refractivity contribution in [1.29, 1.82) is 0 Å². The number of halogens is 2. The Bertz CT molecular complexity index is 238. The van der Waals surface area contributed by atoms with Gasteiger partial charge in [0.2, 0.25) is 5.95 Å². The predicted octanol–water partition coefficient (Wildman–Crippen LogP) is 0.645. The van der Waals surface area contributed by atoms with Crippen LogP contribution in [0.2, 0.25) is 0 Å². The van der Waals surface area contributed by atoms with Crippen LogP contribution in [0, 0.1) is 11.8 Å². The summed E-state index contributed by atoms with van der Waals surface area (Å²) in [6.45, 7) is 0. The second-order valence-corrected chi connectivity index (χ2v) is 1.63. The van der Waals surface area contributed by atoms with Crippen LogP contribution in [0.1, 0.15) is 0 Å². The number of rotatable bonds is 1. The SMILES string of the molecule is NNc1cc(F)ncc1F. The summed E-state index contributed by atoms with van der Waals surface area (Å²) in [5, 5.41) is 0. The van der Waals surface area contributed by atoms with E-state index in [2.05, 4.69) is 4.98 Å². The average Bonchev–Trinajstić information content (AvgIpc) is 1.94. The molecule has 1 rings (SSSR count). The van der Waals surface area contributed by atoms with Crippen molar-refractivity contribution < 1.29 is 8.78 Å². The molecule has 0 aliphatic carbocycles. The summed E-state index contributed by atoms with van der Waals surface area (Å²) in [5.74, 6) is 3.39. The molecule has 0 spiro atoms. The van der Waals surface area contributed by atoms with Crippen molar-refractivity contribution in [1.82, 2.24) is 4.98 Å². The molecule has 0 unspecified atom stereocenters. The Morgan fingerprint density at radius 1 is 1.50 bits per heavy atom. The van der Waals surface area contributed by atoms with Gasteiger partial charge in [-0.1, -0.05) is 0 Å². The number of hydrazine groups is 1. The second-order valence-electron chi connectivity index (χ2n) is 1.63. The summed E-state index contributed by atoms with van der Waals surface area (Å²) in [6.07, 6.45) is 0.754. The number of aromatic nitrogens is 1. The number of hydrogen-bond donors (Lipinski definition) is 2. The number of nitrogens with one attached hydrogen (secondary N) is 1. The first-order chi connectivity index (χ1) is 4.74. The van der Waals surface area contributed by atoms with E-state index in [1.807, 2.05) is 5.43 Å². The van der Waals surface area contributed by atoms with E-state index in [1.54, 1.807) is 0 Å². The highest BCUT2D eigenvalue weighted by atomic mass is 19.1. The maximum Gasteiger partial charge on any atom is 0.215 e. The van der Waals surface area contributed by atoms with Gasteiger partial charge in [-0.2, -0.15) is 4.39 Å². The molecule has 1 aromatic rings. The molecular weight excluding hydrogens is 140 g/mol. The first-order valence-electron chi connectivity index (χ1n) is 2.51. The Hall–Kier alpha value is -1.23. The number of anilines is 1. The van der Waals surface area contributed by atoms with E-state index in [1.165, 1.54) is 0 Å². The summed E-state index contributed by atoms with van der Waals surface area (Å²) in [7, 11) is 0. The molecule has 0 saturated carbocycles. The van der Waals surface area contributed by atoms with Crippen molar-refractivity contribution in [3.63, 3.8) is 0 Å². The third-order valence-corrected chi connectivity index (χ3v) is 0.977. The third kappa shape index (κ3) is 1.19. The molecule has 0 radical (unpaired) electrons. The molecule has 0 bridgehead atoms. The molecule has 0 saturated heterocycles. The lowest BCUT2D eigenvalue weighted by atomic mass is 10.4. The zero-order valence-corrected chi connectivity index (χ0v) is 4.94. The Morgan fingerprint density at radius 3 is 2.70 bits per heavy atom. The normalized spacial score (nSPS) is 9.50. The molecule has 0 aliphatic rings. The van der Waals surface area contributed by atoms with Crippen molar-refractivity contribution in [2.24, 2.45) is 5.84 Å². The molecular formula is C5H5F2N3. The zero-order chi connectivity index (χ0) is 7.56. The molecule has 10 heavy (non-hydrogen) atoms. The van der Waals surface area contributed by atoms with Crippen LogP contribution in [0.4, 0.5) is 14.5 Å². The molecule has 1 heterocycles. The molecule has 0 fully saturated rings. The van der Waals surface area contributed by atoms with Gasteiger partial charge in [-0.15, -0.1) is 0 Å². The molecule has 0 aliphatic heterocycles. The Morgan fingerprint density at radius 2 is 2.20 bits per heavy atom. The van der Waals surface area contributed by atoms with Gasteiger partial charge in [-0.3, -0.25) is 5.84 Å². The van der Waals surface area contributed by atoms with Crippen molar-refractivity contribution in [2.45, 2.75) is 0 Å². The van der Waals surface area contributed by atoms with Gasteiger partial charge >= 0.3 is 0 Å². The molecule has 54 valence electrons. The van der Waals surface area contributed by atoms with Crippen LogP contribution in [0.15, 0.2) is 12.3 Å². The van der Waals surface area contributed by atoms with E-state index in [0.717, 1.165) is 12.3 Å². The van der Waals surface area contributed by atoms with Crippen LogP contribution in [0.25, 0.3) is 0 Å². The van der Waals surface area contributed by atoms with Gasteiger partial charge in [-0.05, 0) is 0 Å². The van der Waals surface area contributed by atoms with Crippen LogP contribution in [0.3, 0.4) is 0 Å². The minimum Gasteiger partial charge on any atom is -0.321 e. The smallest absolute Gasteiger partial charge is 0.215 e. The molecule has 0 atom stereocenters. The van der Waals surface area contributed by atoms with Crippen LogP contribution in [-0.4, -0.2) is 4.98 Å². The Labute approximate surface area is 55.8 Å². The van der Waals surface area contributed by atoms with Gasteiger partial charge in [0.05, 0.1) is 11.9 Å².